The van der Waals surface area contributed by atoms with Gasteiger partial charge in [-0.25, -0.2) is 4.79 Å². The van der Waals surface area contributed by atoms with Gasteiger partial charge in [-0.15, -0.1) is 0 Å². The van der Waals surface area contributed by atoms with E-state index in [-0.39, 0.29) is 53.7 Å². The van der Waals surface area contributed by atoms with Crippen LogP contribution in [0.1, 0.15) is 69.1 Å². The number of hydrogen-bond donors (Lipinski definition) is 8. The minimum absolute atomic E-state index is 0.0671. The Hall–Kier alpha value is -6.84. The fraction of sp³-hybridized carbons (Fsp3) is 0.308. The van der Waals surface area contributed by atoms with Gasteiger partial charge in [0.15, 0.2) is 6.61 Å². The first-order chi connectivity index (χ1) is 32.0. The van der Waals surface area contributed by atoms with Crippen LogP contribution in [0.5, 0.6) is 11.5 Å². The van der Waals surface area contributed by atoms with Gasteiger partial charge in [-0.2, -0.15) is 0 Å². The van der Waals surface area contributed by atoms with Crippen molar-refractivity contribution >= 4 is 28.7 Å². The standard InChI is InChI=1S/C52H57N5O9/c58-45-20-18-42(43-19-21-47(60)56-49(43)45)46(59)32-53-27-22-35-14-16-38(17-15-35)50(62)55-26-7-25-54-48(61)34-66-41-12-6-11-40(31-41)52(65,51(63)64)44-13-5-4-10-39(44)30-36-23-28-57(29-24-36)33-37-8-2-1-3-9-37/h1-6,8-21,31,36,46,53,58-59,65H,7,22-30,32-34H2,(H,54,61)(H,55,62)(H,56,60)(H,63,64)/t46-,52-/m0/s1. The molecule has 14 nitrogen and oxygen atoms in total. The van der Waals surface area contributed by atoms with Crippen LogP contribution in [0.15, 0.2) is 132 Å². The average molecular weight is 896 g/mol. The summed E-state index contributed by atoms with van der Waals surface area (Å²) in [5, 5.41) is 52.8. The molecule has 1 saturated heterocycles. The number of aliphatic hydroxyl groups is 2. The maximum atomic E-state index is 12.9. The monoisotopic (exact) mass is 895 g/mol. The Morgan fingerprint density at radius 2 is 1.56 bits per heavy atom. The number of fused-ring (bicyclic) bond motifs is 1. The summed E-state index contributed by atoms with van der Waals surface area (Å²) >= 11 is 0. The van der Waals surface area contributed by atoms with Gasteiger partial charge in [0, 0.05) is 54.3 Å². The van der Waals surface area contributed by atoms with Crippen LogP contribution in [-0.4, -0.2) is 94.0 Å². The van der Waals surface area contributed by atoms with Crippen LogP contribution >= 0.6 is 0 Å². The zero-order valence-corrected chi connectivity index (χ0v) is 36.7. The number of nitrogens with one attached hydrogen (secondary N) is 4. The van der Waals surface area contributed by atoms with Crippen LogP contribution in [0.2, 0.25) is 0 Å². The number of likely N-dealkylation sites (tertiary alicyclic amines) is 1. The van der Waals surface area contributed by atoms with Gasteiger partial charge in [0.2, 0.25) is 11.2 Å². The summed E-state index contributed by atoms with van der Waals surface area (Å²) in [6.07, 6.45) is 2.83. The minimum atomic E-state index is -2.35. The topological polar surface area (TPSA) is 214 Å². The van der Waals surface area contributed by atoms with Crippen LogP contribution in [0, 0.1) is 5.92 Å². The lowest BCUT2D eigenvalue weighted by molar-refractivity contribution is -0.155. The number of carbonyl (C=O) groups excluding carboxylic acids is 2. The van der Waals surface area contributed by atoms with E-state index in [0.29, 0.717) is 60.3 Å². The molecule has 1 aromatic heterocycles. The summed E-state index contributed by atoms with van der Waals surface area (Å²) < 4.78 is 5.74. The van der Waals surface area contributed by atoms with Crippen molar-refractivity contribution < 1.29 is 39.5 Å². The molecule has 5 aromatic carbocycles. The lowest BCUT2D eigenvalue weighted by Crippen LogP contribution is -2.38. The number of pyridine rings is 1. The highest BCUT2D eigenvalue weighted by molar-refractivity contribution is 5.94. The quantitative estimate of drug-likeness (QED) is 0.0441. The van der Waals surface area contributed by atoms with Crippen molar-refractivity contribution in [1.82, 2.24) is 25.8 Å². The molecule has 344 valence electrons. The van der Waals surface area contributed by atoms with Gasteiger partial charge in [-0.3, -0.25) is 19.3 Å². The molecule has 66 heavy (non-hydrogen) atoms. The number of aliphatic hydroxyl groups excluding tert-OH is 1. The molecule has 0 aliphatic carbocycles. The number of ether oxygens (including phenoxy) is 1. The number of aliphatic carboxylic acids is 1. The predicted molar refractivity (Wildman–Crippen MR) is 251 cm³/mol. The molecule has 1 fully saturated rings. The third kappa shape index (κ3) is 12.1. The van der Waals surface area contributed by atoms with Crippen molar-refractivity contribution in [1.29, 1.82) is 0 Å². The fourth-order valence-electron chi connectivity index (χ4n) is 8.53. The molecule has 14 heteroatoms. The average Bonchev–Trinajstić information content (AvgIpc) is 3.33. The molecule has 2 atom stereocenters. The first-order valence-corrected chi connectivity index (χ1v) is 22.4. The van der Waals surface area contributed by atoms with Crippen LogP contribution in [0.4, 0.5) is 0 Å². The van der Waals surface area contributed by atoms with Crippen LogP contribution < -0.4 is 26.2 Å². The Morgan fingerprint density at radius 3 is 2.33 bits per heavy atom. The van der Waals surface area contributed by atoms with Crippen molar-refractivity contribution in [3.05, 3.63) is 177 Å². The number of amides is 2. The van der Waals surface area contributed by atoms with E-state index in [0.717, 1.165) is 43.6 Å². The lowest BCUT2D eigenvalue weighted by atomic mass is 9.80. The van der Waals surface area contributed by atoms with Crippen molar-refractivity contribution in [2.75, 3.05) is 45.9 Å². The summed E-state index contributed by atoms with van der Waals surface area (Å²) in [7, 11) is 0. The van der Waals surface area contributed by atoms with Crippen LogP contribution in [0.3, 0.4) is 0 Å². The molecular formula is C52H57N5O9. The van der Waals surface area contributed by atoms with E-state index in [9.17, 15) is 39.6 Å². The molecule has 8 N–H and O–H groups in total. The van der Waals surface area contributed by atoms with E-state index < -0.39 is 23.6 Å². The largest absolute Gasteiger partial charge is 0.506 e. The molecular weight excluding hydrogens is 839 g/mol. The molecule has 0 spiro atoms. The summed E-state index contributed by atoms with van der Waals surface area (Å²) in [6.45, 7) is 3.89. The van der Waals surface area contributed by atoms with E-state index in [4.69, 9.17) is 4.74 Å². The van der Waals surface area contributed by atoms with E-state index in [2.05, 4.69) is 50.1 Å². The first kappa shape index (κ1) is 47.1. The highest BCUT2D eigenvalue weighted by atomic mass is 16.5. The second-order valence-electron chi connectivity index (χ2n) is 16.8. The summed E-state index contributed by atoms with van der Waals surface area (Å²) in [5.74, 6) is -1.54. The summed E-state index contributed by atoms with van der Waals surface area (Å²) in [4.78, 5) is 55.1. The van der Waals surface area contributed by atoms with Gasteiger partial charge in [0.25, 0.3) is 11.8 Å². The number of carbonyl (C=O) groups is 3. The van der Waals surface area contributed by atoms with Gasteiger partial charge in [-0.05, 0) is 116 Å². The van der Waals surface area contributed by atoms with Crippen molar-refractivity contribution in [3.8, 4) is 11.5 Å². The number of phenolic OH excluding ortho intramolecular Hbond substituents is 1. The number of H-pyrrole nitrogens is 1. The third-order valence-electron chi connectivity index (χ3n) is 12.2. The molecule has 0 unspecified atom stereocenters. The van der Waals surface area contributed by atoms with Crippen molar-refractivity contribution in [3.63, 3.8) is 0 Å². The maximum Gasteiger partial charge on any atom is 0.345 e. The lowest BCUT2D eigenvalue weighted by Gasteiger charge is -2.33. The van der Waals surface area contributed by atoms with Gasteiger partial charge in [0.1, 0.15) is 11.5 Å². The van der Waals surface area contributed by atoms with Crippen LogP contribution in [0.25, 0.3) is 10.9 Å². The zero-order valence-electron chi connectivity index (χ0n) is 36.7. The number of aromatic amines is 1. The number of carboxylic acids is 1. The number of rotatable bonds is 21. The molecule has 7 rings (SSSR count). The number of phenols is 1. The number of aromatic hydroxyl groups is 1. The van der Waals surface area contributed by atoms with E-state index >= 15 is 0 Å². The molecule has 0 bridgehead atoms. The molecule has 1 aliphatic rings. The van der Waals surface area contributed by atoms with E-state index in [1.54, 1.807) is 54.6 Å². The third-order valence-corrected chi connectivity index (χ3v) is 12.2. The molecule has 0 saturated carbocycles. The van der Waals surface area contributed by atoms with Gasteiger partial charge in [0.05, 0.1) is 11.6 Å². The highest BCUT2D eigenvalue weighted by Gasteiger charge is 2.42. The molecule has 1 aliphatic heterocycles. The van der Waals surface area contributed by atoms with E-state index in [1.165, 1.54) is 23.8 Å². The van der Waals surface area contributed by atoms with Gasteiger partial charge >= 0.3 is 5.97 Å². The number of carboxylic acid groups (broad SMARTS) is 1. The van der Waals surface area contributed by atoms with Gasteiger partial charge in [-0.1, -0.05) is 84.9 Å². The molecule has 6 aromatic rings. The number of nitrogens with zero attached hydrogens (tertiary/aromatic N) is 1. The maximum absolute atomic E-state index is 12.9. The second-order valence-corrected chi connectivity index (χ2v) is 16.8. The van der Waals surface area contributed by atoms with Gasteiger partial charge < -0.3 is 46.1 Å². The highest BCUT2D eigenvalue weighted by Crippen LogP contribution is 2.36. The Morgan fingerprint density at radius 1 is 0.818 bits per heavy atom. The number of piperidine rings is 1. The number of hydrogen-bond acceptors (Lipinski definition) is 10. The number of aromatic nitrogens is 1. The van der Waals surface area contributed by atoms with Crippen LogP contribution in [-0.2, 0) is 34.6 Å². The smallest absolute Gasteiger partial charge is 0.345 e. The normalized spacial score (nSPS) is 14.6. The molecule has 0 radical (unpaired) electrons. The molecule has 2 heterocycles. The Labute approximate surface area is 383 Å². The van der Waals surface area contributed by atoms with Crippen molar-refractivity contribution in [2.24, 2.45) is 5.92 Å². The number of benzene rings is 5. The summed E-state index contributed by atoms with van der Waals surface area (Å²) in [6, 6.07) is 37.0. The first-order valence-electron chi connectivity index (χ1n) is 22.4. The zero-order chi connectivity index (χ0) is 46.5. The van der Waals surface area contributed by atoms with Crippen molar-refractivity contribution in [2.45, 2.75) is 50.4 Å². The Bertz CT molecular complexity index is 2650. The second kappa shape index (κ2) is 22.4. The predicted octanol–water partition coefficient (Wildman–Crippen LogP) is 5.19. The molecule has 2 amide bonds. The Balaban J connectivity index is 0.813. The van der Waals surface area contributed by atoms with E-state index in [1.807, 2.05) is 30.3 Å². The fourth-order valence-corrected chi connectivity index (χ4v) is 8.53. The Kier molecular flexibility index (Phi) is 16.0. The SMILES string of the molecule is O=C(COc1cccc([C@@](O)(C(=O)O)c2ccccc2CC2CCN(Cc3ccccc3)CC2)c1)NCCCNC(=O)c1ccc(CCNC[C@H](O)c2ccc(O)c3[nH]c(=O)ccc23)cc1. The minimum Gasteiger partial charge on any atom is -0.506 e. The summed E-state index contributed by atoms with van der Waals surface area (Å²) in [5.41, 5.74) is 2.16.